The monoisotopic (exact) mass is 255 g/mol. The lowest BCUT2D eigenvalue weighted by Crippen LogP contribution is -2.44. The van der Waals surface area contributed by atoms with Crippen LogP contribution in [0.3, 0.4) is 0 Å². The first kappa shape index (κ1) is 12.8. The fourth-order valence-electron chi connectivity index (χ4n) is 1.77. The lowest BCUT2D eigenvalue weighted by Gasteiger charge is -2.22. The summed E-state index contributed by atoms with van der Waals surface area (Å²) >= 11 is 0. The van der Waals surface area contributed by atoms with Gasteiger partial charge in [0.15, 0.2) is 0 Å². The Bertz CT molecular complexity index is 458. The zero-order valence-electron chi connectivity index (χ0n) is 10.1. The van der Waals surface area contributed by atoms with Gasteiger partial charge in [-0.25, -0.2) is 14.2 Å². The van der Waals surface area contributed by atoms with Crippen LogP contribution in [0.25, 0.3) is 0 Å². The normalized spacial score (nSPS) is 20.8. The molecule has 1 aliphatic rings. The Morgan fingerprint density at radius 2 is 2.00 bits per heavy atom. The van der Waals surface area contributed by atoms with Crippen molar-refractivity contribution >= 4 is 5.69 Å². The summed E-state index contributed by atoms with van der Waals surface area (Å²) < 4.78 is 26.8. The predicted octanol–water partition coefficient (Wildman–Crippen LogP) is 1.42. The molecule has 0 radical (unpaired) electrons. The quantitative estimate of drug-likeness (QED) is 0.715. The summed E-state index contributed by atoms with van der Waals surface area (Å²) in [7, 11) is 1.79. The molecule has 0 aromatic heterocycles. The molecule has 0 spiro atoms. The van der Waals surface area contributed by atoms with Crippen molar-refractivity contribution in [3.05, 3.63) is 41.6 Å². The second kappa shape index (κ2) is 4.91. The highest BCUT2D eigenvalue weighted by molar-refractivity contribution is 5.47. The van der Waals surface area contributed by atoms with E-state index in [0.717, 1.165) is 17.8 Å². The zero-order valence-corrected chi connectivity index (χ0v) is 10.1. The summed E-state index contributed by atoms with van der Waals surface area (Å²) in [6.45, 7) is 1.86. The van der Waals surface area contributed by atoms with Crippen molar-refractivity contribution in [2.24, 2.45) is 0 Å². The molecule has 0 saturated heterocycles. The van der Waals surface area contributed by atoms with Gasteiger partial charge in [0.25, 0.3) is 0 Å². The Labute approximate surface area is 104 Å². The van der Waals surface area contributed by atoms with Crippen LogP contribution in [-0.4, -0.2) is 29.4 Å². The first-order chi connectivity index (χ1) is 8.49. The Morgan fingerprint density at radius 3 is 2.50 bits per heavy atom. The number of allylic oxidation sites excluding steroid dienone is 1. The molecule has 18 heavy (non-hydrogen) atoms. The van der Waals surface area contributed by atoms with Gasteiger partial charge >= 0.3 is 0 Å². The van der Waals surface area contributed by atoms with Gasteiger partial charge in [0.2, 0.25) is 0 Å². The Kier molecular flexibility index (Phi) is 3.49. The number of halogens is 2. The van der Waals surface area contributed by atoms with E-state index in [0.29, 0.717) is 0 Å². The van der Waals surface area contributed by atoms with Crippen molar-refractivity contribution < 1.29 is 13.9 Å². The molecule has 2 rings (SSSR count). The molecule has 98 valence electrons. The SMILES string of the molecule is CC1=CC(C(O)Nc2c(F)cccc2F)NN1C. The maximum Gasteiger partial charge on any atom is 0.149 e. The van der Waals surface area contributed by atoms with E-state index in [1.807, 2.05) is 6.92 Å². The number of anilines is 1. The fraction of sp³-hybridized carbons (Fsp3) is 0.333. The van der Waals surface area contributed by atoms with Gasteiger partial charge in [-0.2, -0.15) is 0 Å². The summed E-state index contributed by atoms with van der Waals surface area (Å²) in [5.41, 5.74) is 3.55. The van der Waals surface area contributed by atoms with Crippen LogP contribution in [0.15, 0.2) is 30.0 Å². The average molecular weight is 255 g/mol. The standard InChI is InChI=1S/C12H15F2N3O/c1-7-6-10(16-17(7)2)12(18)15-11-8(13)4-3-5-9(11)14/h3-6,10,12,15-16,18H,1-2H3. The topological polar surface area (TPSA) is 47.5 Å². The van der Waals surface area contributed by atoms with Crippen LogP contribution in [0, 0.1) is 11.6 Å². The van der Waals surface area contributed by atoms with Crippen LogP contribution in [0.5, 0.6) is 0 Å². The highest BCUT2D eigenvalue weighted by Crippen LogP contribution is 2.20. The van der Waals surface area contributed by atoms with Crippen molar-refractivity contribution in [3.63, 3.8) is 0 Å². The van der Waals surface area contributed by atoms with Gasteiger partial charge < -0.3 is 15.4 Å². The summed E-state index contributed by atoms with van der Waals surface area (Å²) in [5, 5.41) is 14.1. The molecule has 0 bridgehead atoms. The zero-order chi connectivity index (χ0) is 13.3. The number of aliphatic hydroxyl groups excluding tert-OH is 1. The number of hydrogen-bond acceptors (Lipinski definition) is 4. The van der Waals surface area contributed by atoms with Crippen LogP contribution < -0.4 is 10.7 Å². The number of hydrazine groups is 1. The lowest BCUT2D eigenvalue weighted by molar-refractivity contribution is 0.147. The molecular weight excluding hydrogens is 240 g/mol. The third-order valence-electron chi connectivity index (χ3n) is 2.89. The van der Waals surface area contributed by atoms with Gasteiger partial charge in [0.1, 0.15) is 23.5 Å². The van der Waals surface area contributed by atoms with Crippen LogP contribution in [0.1, 0.15) is 6.92 Å². The molecule has 6 heteroatoms. The van der Waals surface area contributed by atoms with E-state index in [1.54, 1.807) is 18.1 Å². The summed E-state index contributed by atoms with van der Waals surface area (Å²) in [4.78, 5) is 0. The number of hydrogen-bond donors (Lipinski definition) is 3. The van der Waals surface area contributed by atoms with E-state index in [-0.39, 0.29) is 5.69 Å². The van der Waals surface area contributed by atoms with Crippen molar-refractivity contribution in [2.75, 3.05) is 12.4 Å². The number of aliphatic hydroxyl groups is 1. The molecule has 0 aliphatic carbocycles. The minimum atomic E-state index is -1.13. The second-order valence-corrected chi connectivity index (χ2v) is 4.21. The Balaban J connectivity index is 2.11. The van der Waals surface area contributed by atoms with Crippen LogP contribution >= 0.6 is 0 Å². The maximum atomic E-state index is 13.4. The van der Waals surface area contributed by atoms with Crippen LogP contribution in [-0.2, 0) is 0 Å². The van der Waals surface area contributed by atoms with Crippen molar-refractivity contribution in [1.29, 1.82) is 0 Å². The molecule has 4 nitrogen and oxygen atoms in total. The third kappa shape index (κ3) is 2.44. The van der Waals surface area contributed by atoms with E-state index in [1.165, 1.54) is 6.07 Å². The summed E-state index contributed by atoms with van der Waals surface area (Å²) in [6, 6.07) is 3.10. The molecule has 1 heterocycles. The van der Waals surface area contributed by atoms with E-state index < -0.39 is 23.9 Å². The molecule has 0 saturated carbocycles. The Hall–Kier alpha value is -1.66. The fourth-order valence-corrected chi connectivity index (χ4v) is 1.77. The van der Waals surface area contributed by atoms with E-state index in [2.05, 4.69) is 10.7 Å². The van der Waals surface area contributed by atoms with Crippen molar-refractivity contribution in [3.8, 4) is 0 Å². The molecule has 0 amide bonds. The first-order valence-corrected chi connectivity index (χ1v) is 5.56. The Morgan fingerprint density at radius 1 is 1.39 bits per heavy atom. The van der Waals surface area contributed by atoms with Crippen LogP contribution in [0.2, 0.25) is 0 Å². The summed E-state index contributed by atoms with van der Waals surface area (Å²) in [5.74, 6) is -1.47. The van der Waals surface area contributed by atoms with Crippen molar-refractivity contribution in [2.45, 2.75) is 19.2 Å². The minimum absolute atomic E-state index is 0.326. The molecule has 1 aromatic carbocycles. The van der Waals surface area contributed by atoms with Gasteiger partial charge in [-0.15, -0.1) is 0 Å². The predicted molar refractivity (Wildman–Crippen MR) is 64.4 cm³/mol. The van der Waals surface area contributed by atoms with Gasteiger partial charge in [-0.1, -0.05) is 6.07 Å². The molecule has 1 aliphatic heterocycles. The van der Waals surface area contributed by atoms with E-state index in [4.69, 9.17) is 0 Å². The summed E-state index contributed by atoms with van der Waals surface area (Å²) in [6.07, 6.45) is 0.646. The highest BCUT2D eigenvalue weighted by atomic mass is 19.1. The minimum Gasteiger partial charge on any atom is -0.372 e. The largest absolute Gasteiger partial charge is 0.372 e. The third-order valence-corrected chi connectivity index (χ3v) is 2.89. The highest BCUT2D eigenvalue weighted by Gasteiger charge is 2.25. The van der Waals surface area contributed by atoms with Crippen molar-refractivity contribution in [1.82, 2.24) is 10.4 Å². The number of nitrogens with zero attached hydrogens (tertiary/aromatic N) is 1. The van der Waals surface area contributed by atoms with E-state index in [9.17, 15) is 13.9 Å². The van der Waals surface area contributed by atoms with Gasteiger partial charge in [-0.05, 0) is 25.1 Å². The van der Waals surface area contributed by atoms with Gasteiger partial charge in [0, 0.05) is 12.7 Å². The maximum absolute atomic E-state index is 13.4. The van der Waals surface area contributed by atoms with Gasteiger partial charge in [-0.3, -0.25) is 0 Å². The number of para-hydroxylation sites is 1. The molecular formula is C12H15F2N3O. The average Bonchev–Trinajstić information content (AvgIpc) is 2.64. The number of benzene rings is 1. The first-order valence-electron chi connectivity index (χ1n) is 5.56. The second-order valence-electron chi connectivity index (χ2n) is 4.21. The number of nitrogens with one attached hydrogen (secondary N) is 2. The lowest BCUT2D eigenvalue weighted by atomic mass is 10.2. The number of rotatable bonds is 3. The van der Waals surface area contributed by atoms with Gasteiger partial charge in [0.05, 0.1) is 6.04 Å². The molecule has 2 unspecified atom stereocenters. The molecule has 0 fully saturated rings. The molecule has 3 N–H and O–H groups in total. The van der Waals surface area contributed by atoms with Crippen LogP contribution in [0.4, 0.5) is 14.5 Å². The van der Waals surface area contributed by atoms with E-state index >= 15 is 0 Å². The smallest absolute Gasteiger partial charge is 0.149 e. The molecule has 2 atom stereocenters. The molecule has 1 aromatic rings.